The van der Waals surface area contributed by atoms with Gasteiger partial charge in [0, 0.05) is 6.20 Å². The number of benzene rings is 1. The first kappa shape index (κ1) is 15.3. The van der Waals surface area contributed by atoms with Crippen molar-refractivity contribution in [3.63, 3.8) is 0 Å². The fraction of sp³-hybridized carbons (Fsp3) is 0.250. The molecule has 0 saturated heterocycles. The molecular formula is C16H13F3N2O2. The molecule has 0 aliphatic heterocycles. The van der Waals surface area contributed by atoms with E-state index in [9.17, 15) is 13.2 Å². The summed E-state index contributed by atoms with van der Waals surface area (Å²) < 4.78 is 49.4. The van der Waals surface area contributed by atoms with Crippen molar-refractivity contribution in [1.82, 2.24) is 9.97 Å². The zero-order valence-electron chi connectivity index (χ0n) is 12.2. The molecule has 1 aromatic carbocycles. The van der Waals surface area contributed by atoms with Gasteiger partial charge in [-0.2, -0.15) is 13.2 Å². The summed E-state index contributed by atoms with van der Waals surface area (Å²) in [6.45, 7) is 2.46. The fourth-order valence-corrected chi connectivity index (χ4v) is 2.10. The van der Waals surface area contributed by atoms with Gasteiger partial charge in [0.2, 0.25) is 5.89 Å². The van der Waals surface area contributed by atoms with Gasteiger partial charge in [-0.15, -0.1) is 0 Å². The summed E-state index contributed by atoms with van der Waals surface area (Å²) in [6.07, 6.45) is -0.526. The number of fused-ring (bicyclic) bond motifs is 1. The molecular weight excluding hydrogens is 309 g/mol. The Morgan fingerprint density at radius 2 is 2.04 bits per heavy atom. The van der Waals surface area contributed by atoms with Gasteiger partial charge < -0.3 is 9.15 Å². The number of aromatic nitrogens is 2. The molecule has 0 aliphatic carbocycles. The van der Waals surface area contributed by atoms with Crippen molar-refractivity contribution in [1.29, 1.82) is 0 Å². The Morgan fingerprint density at radius 1 is 1.22 bits per heavy atom. The third-order valence-corrected chi connectivity index (χ3v) is 3.19. The molecule has 0 amide bonds. The Labute approximate surface area is 129 Å². The highest BCUT2D eigenvalue weighted by atomic mass is 19.4. The number of hydrogen-bond donors (Lipinski definition) is 0. The maximum Gasteiger partial charge on any atom is 0.416 e. The Hall–Kier alpha value is -2.57. The molecule has 120 valence electrons. The summed E-state index contributed by atoms with van der Waals surface area (Å²) in [7, 11) is 0. The Kier molecular flexibility index (Phi) is 3.94. The molecule has 4 nitrogen and oxygen atoms in total. The number of alkyl halides is 3. The Bertz CT molecular complexity index is 828. The minimum absolute atomic E-state index is 0.146. The van der Waals surface area contributed by atoms with Crippen LogP contribution in [-0.4, -0.2) is 16.6 Å². The molecule has 0 N–H and O–H groups in total. The normalized spacial score (nSPS) is 11.8. The van der Waals surface area contributed by atoms with Crippen LogP contribution in [0.2, 0.25) is 0 Å². The van der Waals surface area contributed by atoms with E-state index in [-0.39, 0.29) is 17.0 Å². The van der Waals surface area contributed by atoms with Gasteiger partial charge in [0.05, 0.1) is 23.9 Å². The number of nitrogens with zero attached hydrogens (tertiary/aromatic N) is 2. The maximum atomic E-state index is 12.8. The van der Waals surface area contributed by atoms with Gasteiger partial charge >= 0.3 is 6.18 Å². The third-order valence-electron chi connectivity index (χ3n) is 3.19. The molecule has 7 heteroatoms. The number of rotatable bonds is 4. The largest absolute Gasteiger partial charge is 0.491 e. The summed E-state index contributed by atoms with van der Waals surface area (Å²) in [5, 5.41) is 0. The van der Waals surface area contributed by atoms with Crippen LogP contribution in [0.3, 0.4) is 0 Å². The number of oxazole rings is 1. The number of hydrogen-bond acceptors (Lipinski definition) is 4. The summed E-state index contributed by atoms with van der Waals surface area (Å²) in [5.41, 5.74) is 0.222. The molecule has 3 rings (SSSR count). The lowest BCUT2D eigenvalue weighted by atomic mass is 10.2. The second-order valence-corrected chi connectivity index (χ2v) is 4.92. The molecule has 0 aliphatic rings. The van der Waals surface area contributed by atoms with Gasteiger partial charge in [-0.05, 0) is 30.7 Å². The summed E-state index contributed by atoms with van der Waals surface area (Å²) in [5.74, 6) is 0.685. The van der Waals surface area contributed by atoms with E-state index >= 15 is 0 Å². The van der Waals surface area contributed by atoms with Crippen molar-refractivity contribution in [2.24, 2.45) is 0 Å². The molecule has 23 heavy (non-hydrogen) atoms. The third kappa shape index (κ3) is 3.13. The zero-order valence-corrected chi connectivity index (χ0v) is 12.2. The molecule has 0 saturated carbocycles. The summed E-state index contributed by atoms with van der Waals surface area (Å²) >= 11 is 0. The average Bonchev–Trinajstić information content (AvgIpc) is 2.95. The van der Waals surface area contributed by atoms with Crippen molar-refractivity contribution in [2.45, 2.75) is 19.5 Å². The molecule has 2 aromatic heterocycles. The van der Waals surface area contributed by atoms with Crippen molar-refractivity contribution < 1.29 is 22.3 Å². The molecule has 0 atom stereocenters. The second-order valence-electron chi connectivity index (χ2n) is 4.92. The highest BCUT2D eigenvalue weighted by molar-refractivity contribution is 5.78. The van der Waals surface area contributed by atoms with Crippen molar-refractivity contribution in [2.75, 3.05) is 6.61 Å². The van der Waals surface area contributed by atoms with Crippen LogP contribution in [0, 0.1) is 0 Å². The van der Waals surface area contributed by atoms with Crippen molar-refractivity contribution in [3.05, 3.63) is 42.2 Å². The quantitative estimate of drug-likeness (QED) is 0.699. The van der Waals surface area contributed by atoms with E-state index < -0.39 is 11.7 Å². The number of ether oxygens (including phenoxy) is 1. The highest BCUT2D eigenvalue weighted by Crippen LogP contribution is 2.34. The predicted octanol–water partition coefficient (Wildman–Crippen LogP) is 4.70. The van der Waals surface area contributed by atoms with E-state index in [1.165, 1.54) is 12.3 Å². The van der Waals surface area contributed by atoms with E-state index in [1.54, 1.807) is 12.3 Å². The van der Waals surface area contributed by atoms with Crippen LogP contribution < -0.4 is 4.74 Å². The molecule has 0 bridgehead atoms. The fourth-order valence-electron chi connectivity index (χ4n) is 2.10. The second kappa shape index (κ2) is 5.91. The average molecular weight is 322 g/mol. The molecule has 0 radical (unpaired) electrons. The maximum absolute atomic E-state index is 12.8. The number of halogens is 3. The smallest absolute Gasteiger partial charge is 0.416 e. The van der Waals surface area contributed by atoms with Gasteiger partial charge in [-0.3, -0.25) is 4.98 Å². The molecule has 3 aromatic rings. The lowest BCUT2D eigenvalue weighted by Gasteiger charge is -2.07. The van der Waals surface area contributed by atoms with E-state index in [4.69, 9.17) is 9.15 Å². The van der Waals surface area contributed by atoms with Gasteiger partial charge in [0.1, 0.15) is 11.3 Å². The van der Waals surface area contributed by atoms with E-state index in [2.05, 4.69) is 9.97 Å². The molecule has 0 unspecified atom stereocenters. The minimum atomic E-state index is -4.42. The van der Waals surface area contributed by atoms with Crippen LogP contribution in [0.5, 0.6) is 5.75 Å². The number of pyridine rings is 1. The highest BCUT2D eigenvalue weighted by Gasteiger charge is 2.31. The topological polar surface area (TPSA) is 48.2 Å². The molecule has 0 spiro atoms. The van der Waals surface area contributed by atoms with Crippen LogP contribution in [0.1, 0.15) is 18.9 Å². The lowest BCUT2D eigenvalue weighted by molar-refractivity contribution is -0.137. The van der Waals surface area contributed by atoms with Crippen molar-refractivity contribution in [3.8, 4) is 17.2 Å². The van der Waals surface area contributed by atoms with Crippen molar-refractivity contribution >= 4 is 11.1 Å². The minimum Gasteiger partial charge on any atom is -0.491 e. The standard InChI is InChI=1S/C16H13F3N2O2/c1-2-7-22-14-9-20-6-5-11(14)15-21-12-8-10(16(17,18)19)3-4-13(12)23-15/h3-6,8-9H,2,7H2,1H3. The monoisotopic (exact) mass is 322 g/mol. The van der Waals surface area contributed by atoms with Crippen LogP contribution in [0.4, 0.5) is 13.2 Å². The first-order valence-electron chi connectivity index (χ1n) is 7.04. The van der Waals surface area contributed by atoms with E-state index in [1.807, 2.05) is 6.92 Å². The van der Waals surface area contributed by atoms with Crippen LogP contribution in [0.25, 0.3) is 22.6 Å². The first-order valence-corrected chi connectivity index (χ1v) is 7.04. The van der Waals surface area contributed by atoms with Crippen LogP contribution in [-0.2, 0) is 6.18 Å². The summed E-state index contributed by atoms with van der Waals surface area (Å²) in [6, 6.07) is 4.86. The van der Waals surface area contributed by atoms with Gasteiger partial charge in [0.15, 0.2) is 5.58 Å². The van der Waals surface area contributed by atoms with Crippen LogP contribution in [0.15, 0.2) is 41.1 Å². The Balaban J connectivity index is 2.04. The molecule has 0 fully saturated rings. The van der Waals surface area contributed by atoms with Crippen LogP contribution >= 0.6 is 0 Å². The van der Waals surface area contributed by atoms with Gasteiger partial charge in [-0.1, -0.05) is 6.92 Å². The van der Waals surface area contributed by atoms with Gasteiger partial charge in [-0.25, -0.2) is 4.98 Å². The summed E-state index contributed by atoms with van der Waals surface area (Å²) in [4.78, 5) is 8.13. The predicted molar refractivity (Wildman–Crippen MR) is 78.0 cm³/mol. The Morgan fingerprint density at radius 3 is 2.78 bits per heavy atom. The van der Waals surface area contributed by atoms with Gasteiger partial charge in [0.25, 0.3) is 0 Å². The van der Waals surface area contributed by atoms with E-state index in [0.717, 1.165) is 18.6 Å². The lowest BCUT2D eigenvalue weighted by Crippen LogP contribution is -2.03. The molecule has 2 heterocycles. The first-order chi connectivity index (χ1) is 11.0. The zero-order chi connectivity index (χ0) is 16.4. The SMILES string of the molecule is CCCOc1cnccc1-c1nc2cc(C(F)(F)F)ccc2o1. The van der Waals surface area contributed by atoms with E-state index in [0.29, 0.717) is 17.9 Å².